The molecule has 0 atom stereocenters. The molecule has 1 heterocycles. The number of aliphatic hydroxyl groups excluding tert-OH is 1. The maximum Gasteiger partial charge on any atom is 0.247 e. The number of ether oxygens (including phenoxy) is 1. The van der Waals surface area contributed by atoms with Gasteiger partial charge in [-0.15, -0.1) is 0 Å². The van der Waals surface area contributed by atoms with Gasteiger partial charge in [0.25, 0.3) is 0 Å². The zero-order valence-corrected chi connectivity index (χ0v) is 15.7. The summed E-state index contributed by atoms with van der Waals surface area (Å²) in [6.45, 7) is 6.19. The molecule has 0 aromatic heterocycles. The van der Waals surface area contributed by atoms with Crippen LogP contribution in [0.25, 0.3) is 0 Å². The van der Waals surface area contributed by atoms with E-state index in [4.69, 9.17) is 15.4 Å². The highest BCUT2D eigenvalue weighted by atomic mass is 32.2. The van der Waals surface area contributed by atoms with Crippen LogP contribution in [0.4, 0.5) is 0 Å². The molecule has 1 rings (SSSR count). The second-order valence-corrected chi connectivity index (χ2v) is 9.78. The molecule has 140 valence electrons. The Kier molecular flexibility index (Phi) is 6.37. The van der Waals surface area contributed by atoms with Crippen LogP contribution in [0.1, 0.15) is 40.5 Å². The van der Waals surface area contributed by atoms with Gasteiger partial charge in [-0.3, -0.25) is 10.1 Å². The molecule has 25 heavy (non-hydrogen) atoms. The van der Waals surface area contributed by atoms with Crippen LogP contribution >= 0.6 is 0 Å². The molecule has 1 fully saturated rings. The normalized spacial score (nSPS) is 17.6. The SMILES string of the molecule is CC(C)(C#N)C(=N)/C=C(\O)NC(=O)C(C)(C)S(=O)(=O)C1CCOCC1. The summed E-state index contributed by atoms with van der Waals surface area (Å²) in [5.74, 6) is -1.57. The number of carbonyl (C=O) groups is 1. The van der Waals surface area contributed by atoms with Crippen LogP contribution in [-0.2, 0) is 19.4 Å². The van der Waals surface area contributed by atoms with Gasteiger partial charge in [0.1, 0.15) is 4.75 Å². The van der Waals surface area contributed by atoms with Crippen molar-refractivity contribution in [3.8, 4) is 6.07 Å². The van der Waals surface area contributed by atoms with Gasteiger partial charge in [0.15, 0.2) is 15.7 Å². The standard InChI is InChI=1S/C16H25N3O5S/c1-15(2,10-17)12(18)9-13(20)19-14(21)16(3,4)25(22,23)11-5-7-24-8-6-11/h9,11,18,20H,5-8H2,1-4H3,(H,19,21)/b13-9-,18-12?. The quantitative estimate of drug-likeness (QED) is 0.477. The summed E-state index contributed by atoms with van der Waals surface area (Å²) in [6, 6.07) is 1.90. The minimum Gasteiger partial charge on any atom is -0.494 e. The first-order valence-electron chi connectivity index (χ1n) is 7.90. The number of nitriles is 1. The molecular weight excluding hydrogens is 346 g/mol. The van der Waals surface area contributed by atoms with Crippen molar-refractivity contribution in [3.05, 3.63) is 12.0 Å². The summed E-state index contributed by atoms with van der Waals surface area (Å²) in [5.41, 5.74) is -1.36. The lowest BCUT2D eigenvalue weighted by atomic mass is 9.89. The Morgan fingerprint density at radius 3 is 2.32 bits per heavy atom. The van der Waals surface area contributed by atoms with Gasteiger partial charge in [0.2, 0.25) is 5.91 Å². The number of rotatable bonds is 6. The first-order chi connectivity index (χ1) is 11.4. The maximum atomic E-state index is 12.8. The van der Waals surface area contributed by atoms with Gasteiger partial charge >= 0.3 is 0 Å². The van der Waals surface area contributed by atoms with Crippen LogP contribution in [0.5, 0.6) is 0 Å². The first kappa shape index (κ1) is 21.1. The fraction of sp³-hybridized carbons (Fsp3) is 0.688. The molecule has 1 amide bonds. The molecule has 1 aliphatic heterocycles. The number of nitrogens with one attached hydrogen (secondary N) is 2. The number of hydrogen-bond donors (Lipinski definition) is 3. The maximum absolute atomic E-state index is 12.8. The number of allylic oxidation sites excluding steroid dienone is 1. The average molecular weight is 371 g/mol. The van der Waals surface area contributed by atoms with Crippen LogP contribution in [0.3, 0.4) is 0 Å². The summed E-state index contributed by atoms with van der Waals surface area (Å²) in [4.78, 5) is 12.4. The van der Waals surface area contributed by atoms with Crippen molar-refractivity contribution < 1.29 is 23.1 Å². The first-order valence-corrected chi connectivity index (χ1v) is 9.44. The van der Waals surface area contributed by atoms with Crippen molar-refractivity contribution in [1.29, 1.82) is 10.7 Å². The third-order valence-corrected chi connectivity index (χ3v) is 7.30. The number of amides is 1. The second-order valence-electron chi connectivity index (χ2n) is 7.00. The summed E-state index contributed by atoms with van der Waals surface area (Å²) < 4.78 is 28.9. The zero-order chi connectivity index (χ0) is 19.5. The predicted molar refractivity (Wildman–Crippen MR) is 92.8 cm³/mol. The topological polar surface area (TPSA) is 140 Å². The Morgan fingerprint density at radius 2 is 1.84 bits per heavy atom. The molecule has 0 aliphatic carbocycles. The predicted octanol–water partition coefficient (Wildman–Crippen LogP) is 1.44. The van der Waals surface area contributed by atoms with Crippen molar-refractivity contribution in [2.75, 3.05) is 13.2 Å². The number of nitrogens with zero attached hydrogens (tertiary/aromatic N) is 1. The molecule has 0 aromatic carbocycles. The monoisotopic (exact) mass is 371 g/mol. The molecule has 0 radical (unpaired) electrons. The number of aliphatic hydroxyl groups is 1. The van der Waals surface area contributed by atoms with Crippen molar-refractivity contribution in [3.63, 3.8) is 0 Å². The largest absolute Gasteiger partial charge is 0.494 e. The zero-order valence-electron chi connectivity index (χ0n) is 14.9. The molecule has 0 bridgehead atoms. The third-order valence-electron chi connectivity index (χ3n) is 4.34. The molecule has 0 unspecified atom stereocenters. The second kappa shape index (κ2) is 7.54. The average Bonchev–Trinajstić information content (AvgIpc) is 2.55. The molecular formula is C16H25N3O5S. The Morgan fingerprint density at radius 1 is 1.32 bits per heavy atom. The molecule has 0 spiro atoms. The number of hydrogen-bond acceptors (Lipinski definition) is 7. The van der Waals surface area contributed by atoms with E-state index in [9.17, 15) is 18.3 Å². The Labute approximate surface area is 148 Å². The lowest BCUT2D eigenvalue weighted by molar-refractivity contribution is -0.122. The van der Waals surface area contributed by atoms with Crippen molar-refractivity contribution in [2.45, 2.75) is 50.5 Å². The van der Waals surface area contributed by atoms with E-state index in [0.717, 1.165) is 6.08 Å². The molecule has 8 nitrogen and oxygen atoms in total. The summed E-state index contributed by atoms with van der Waals surface area (Å²) in [7, 11) is -3.80. The van der Waals surface area contributed by atoms with Crippen molar-refractivity contribution >= 4 is 21.5 Å². The lowest BCUT2D eigenvalue weighted by Crippen LogP contribution is -2.52. The third kappa shape index (κ3) is 4.58. The van der Waals surface area contributed by atoms with E-state index in [0.29, 0.717) is 26.1 Å². The summed E-state index contributed by atoms with van der Waals surface area (Å²) in [6.07, 6.45) is 1.57. The fourth-order valence-corrected chi connectivity index (χ4v) is 4.17. The van der Waals surface area contributed by atoms with E-state index in [-0.39, 0.29) is 5.71 Å². The minimum atomic E-state index is -3.80. The van der Waals surface area contributed by atoms with E-state index < -0.39 is 37.0 Å². The van der Waals surface area contributed by atoms with E-state index >= 15 is 0 Å². The van der Waals surface area contributed by atoms with Crippen molar-refractivity contribution in [2.24, 2.45) is 5.41 Å². The highest BCUT2D eigenvalue weighted by Crippen LogP contribution is 2.28. The van der Waals surface area contributed by atoms with Gasteiger partial charge < -0.3 is 15.3 Å². The van der Waals surface area contributed by atoms with Gasteiger partial charge in [-0.1, -0.05) is 0 Å². The van der Waals surface area contributed by atoms with Gasteiger partial charge in [0.05, 0.1) is 22.4 Å². The van der Waals surface area contributed by atoms with Gasteiger partial charge in [-0.05, 0) is 40.5 Å². The molecule has 3 N–H and O–H groups in total. The Hall–Kier alpha value is -1.92. The fourth-order valence-electron chi connectivity index (χ4n) is 2.21. The Balaban J connectivity index is 2.94. The van der Waals surface area contributed by atoms with Crippen LogP contribution < -0.4 is 5.32 Å². The van der Waals surface area contributed by atoms with Crippen LogP contribution in [-0.4, -0.2) is 48.4 Å². The minimum absolute atomic E-state index is 0.210. The molecule has 0 saturated carbocycles. The molecule has 0 aromatic rings. The molecule has 1 aliphatic rings. The molecule has 1 saturated heterocycles. The van der Waals surface area contributed by atoms with Crippen LogP contribution in [0, 0.1) is 22.2 Å². The number of sulfone groups is 1. The smallest absolute Gasteiger partial charge is 0.247 e. The Bertz CT molecular complexity index is 711. The van der Waals surface area contributed by atoms with Crippen molar-refractivity contribution in [1.82, 2.24) is 5.32 Å². The lowest BCUT2D eigenvalue weighted by Gasteiger charge is -2.31. The van der Waals surface area contributed by atoms with E-state index in [1.165, 1.54) is 27.7 Å². The highest BCUT2D eigenvalue weighted by Gasteiger charge is 2.46. The van der Waals surface area contributed by atoms with Crippen LogP contribution in [0.15, 0.2) is 12.0 Å². The van der Waals surface area contributed by atoms with E-state index in [2.05, 4.69) is 5.32 Å². The van der Waals surface area contributed by atoms with Gasteiger partial charge in [0, 0.05) is 19.3 Å². The van der Waals surface area contributed by atoms with E-state index in [1.54, 1.807) is 0 Å². The van der Waals surface area contributed by atoms with Gasteiger partial charge in [-0.2, -0.15) is 5.26 Å². The van der Waals surface area contributed by atoms with Crippen LogP contribution in [0.2, 0.25) is 0 Å². The molecule has 9 heteroatoms. The summed E-state index contributed by atoms with van der Waals surface area (Å²) in [5, 5.41) is 28.0. The van der Waals surface area contributed by atoms with Gasteiger partial charge in [-0.25, -0.2) is 8.42 Å². The van der Waals surface area contributed by atoms with E-state index in [1.807, 2.05) is 6.07 Å². The number of carbonyl (C=O) groups excluding carboxylic acids is 1. The highest BCUT2D eigenvalue weighted by molar-refractivity contribution is 7.94. The summed E-state index contributed by atoms with van der Waals surface area (Å²) >= 11 is 0.